The number of esters is 1. The Morgan fingerprint density at radius 2 is 1.82 bits per heavy atom. The monoisotopic (exact) mass is 386 g/mol. The first kappa shape index (κ1) is 19.1. The number of imide groups is 1. The third kappa shape index (κ3) is 3.56. The molecule has 0 spiro atoms. The number of benzene rings is 1. The van der Waals surface area contributed by atoms with E-state index in [-0.39, 0.29) is 36.9 Å². The summed E-state index contributed by atoms with van der Waals surface area (Å²) in [5.41, 5.74) is -0.168. The highest BCUT2D eigenvalue weighted by Gasteiger charge is 2.29. The Bertz CT molecular complexity index is 1070. The molecule has 3 amide bonds. The van der Waals surface area contributed by atoms with E-state index in [4.69, 9.17) is 4.74 Å². The second-order valence-electron chi connectivity index (χ2n) is 6.25. The van der Waals surface area contributed by atoms with Gasteiger partial charge in [-0.25, -0.2) is 14.4 Å². The molecule has 0 saturated carbocycles. The van der Waals surface area contributed by atoms with Crippen molar-refractivity contribution in [3.05, 3.63) is 68.0 Å². The van der Waals surface area contributed by atoms with E-state index in [0.29, 0.717) is 5.56 Å². The number of hydrogen-bond donors (Lipinski definition) is 1. The fourth-order valence-electron chi connectivity index (χ4n) is 2.78. The maximum Gasteiger partial charge on any atom is 0.338 e. The van der Waals surface area contributed by atoms with Crippen LogP contribution in [0.3, 0.4) is 0 Å². The number of urea groups is 1. The van der Waals surface area contributed by atoms with Gasteiger partial charge in [-0.15, -0.1) is 0 Å². The Balaban J connectivity index is 1.79. The first-order valence-electron chi connectivity index (χ1n) is 8.38. The minimum Gasteiger partial charge on any atom is -0.456 e. The number of aromatic nitrogens is 2. The molecule has 28 heavy (non-hydrogen) atoms. The molecule has 1 aliphatic heterocycles. The SMILES string of the molecule is Cn1c(COC(=O)c2ccccc2CN2C(=O)CNC2=O)cc(=O)n(C)c1=O. The second-order valence-corrected chi connectivity index (χ2v) is 6.25. The molecule has 1 N–H and O–H groups in total. The summed E-state index contributed by atoms with van der Waals surface area (Å²) in [6, 6.07) is 7.12. The Labute approximate surface area is 158 Å². The highest BCUT2D eigenvalue weighted by atomic mass is 16.5. The first-order valence-corrected chi connectivity index (χ1v) is 8.38. The van der Waals surface area contributed by atoms with Crippen molar-refractivity contribution in [3.8, 4) is 0 Å². The standard InChI is InChI=1S/C18H18N4O6/c1-20-12(7-14(23)21(2)18(20)27)10-28-16(25)13-6-4-3-5-11(13)9-22-15(24)8-19-17(22)26/h3-7H,8-10H2,1-2H3,(H,19,26). The smallest absolute Gasteiger partial charge is 0.338 e. The van der Waals surface area contributed by atoms with Crippen LogP contribution in [-0.2, 0) is 36.8 Å². The average molecular weight is 386 g/mol. The number of hydrogen-bond acceptors (Lipinski definition) is 6. The number of ether oxygens (including phenoxy) is 1. The van der Waals surface area contributed by atoms with E-state index in [1.807, 2.05) is 0 Å². The van der Waals surface area contributed by atoms with Crippen LogP contribution in [0, 0.1) is 0 Å². The van der Waals surface area contributed by atoms with Gasteiger partial charge in [0.1, 0.15) is 6.61 Å². The van der Waals surface area contributed by atoms with Crippen LogP contribution in [0.25, 0.3) is 0 Å². The van der Waals surface area contributed by atoms with Crippen molar-refractivity contribution in [1.82, 2.24) is 19.4 Å². The second kappa shape index (κ2) is 7.51. The van der Waals surface area contributed by atoms with E-state index >= 15 is 0 Å². The van der Waals surface area contributed by atoms with Crippen molar-refractivity contribution in [2.45, 2.75) is 13.2 Å². The lowest BCUT2D eigenvalue weighted by molar-refractivity contribution is -0.125. The predicted molar refractivity (Wildman–Crippen MR) is 96.4 cm³/mol. The third-order valence-corrected chi connectivity index (χ3v) is 4.48. The molecule has 1 aromatic heterocycles. The summed E-state index contributed by atoms with van der Waals surface area (Å²) in [7, 11) is 2.82. The molecule has 1 saturated heterocycles. The largest absolute Gasteiger partial charge is 0.456 e. The normalized spacial score (nSPS) is 13.6. The molecule has 2 aromatic rings. The Kier molecular flexibility index (Phi) is 5.12. The van der Waals surface area contributed by atoms with Crippen LogP contribution in [0.4, 0.5) is 4.79 Å². The van der Waals surface area contributed by atoms with Crippen LogP contribution in [0.5, 0.6) is 0 Å². The highest BCUT2D eigenvalue weighted by Crippen LogP contribution is 2.15. The molecule has 10 heteroatoms. The van der Waals surface area contributed by atoms with E-state index in [1.165, 1.54) is 30.8 Å². The van der Waals surface area contributed by atoms with Gasteiger partial charge in [0.2, 0.25) is 5.91 Å². The molecule has 0 aliphatic carbocycles. The number of carbonyl (C=O) groups is 3. The van der Waals surface area contributed by atoms with Crippen LogP contribution in [-0.4, -0.2) is 38.5 Å². The number of nitrogens with one attached hydrogen (secondary N) is 1. The molecule has 0 bridgehead atoms. The zero-order valence-electron chi connectivity index (χ0n) is 15.3. The Morgan fingerprint density at radius 3 is 2.50 bits per heavy atom. The first-order chi connectivity index (χ1) is 13.3. The summed E-state index contributed by atoms with van der Waals surface area (Å²) in [5.74, 6) is -1.08. The van der Waals surface area contributed by atoms with Crippen molar-refractivity contribution in [1.29, 1.82) is 0 Å². The molecule has 0 atom stereocenters. The quantitative estimate of drug-likeness (QED) is 0.546. The molecule has 3 rings (SSSR count). The summed E-state index contributed by atoms with van der Waals surface area (Å²) in [5, 5.41) is 2.41. The van der Waals surface area contributed by atoms with Crippen molar-refractivity contribution in [2.24, 2.45) is 14.1 Å². The summed E-state index contributed by atoms with van der Waals surface area (Å²) in [6.07, 6.45) is 0. The van der Waals surface area contributed by atoms with Gasteiger partial charge >= 0.3 is 17.7 Å². The van der Waals surface area contributed by atoms with Crippen LogP contribution in [0.15, 0.2) is 39.9 Å². The fraction of sp³-hybridized carbons (Fsp3) is 0.278. The van der Waals surface area contributed by atoms with Crippen LogP contribution in [0.1, 0.15) is 21.6 Å². The topological polar surface area (TPSA) is 120 Å². The summed E-state index contributed by atoms with van der Waals surface area (Å²) in [6.45, 7) is -0.430. The highest BCUT2D eigenvalue weighted by molar-refractivity contribution is 6.02. The summed E-state index contributed by atoms with van der Waals surface area (Å²) >= 11 is 0. The predicted octanol–water partition coefficient (Wildman–Crippen LogP) is -0.507. The van der Waals surface area contributed by atoms with Gasteiger partial charge in [0, 0.05) is 20.2 Å². The van der Waals surface area contributed by atoms with Gasteiger partial charge in [0.25, 0.3) is 5.56 Å². The van der Waals surface area contributed by atoms with Gasteiger partial charge in [-0.2, -0.15) is 0 Å². The molecule has 0 unspecified atom stereocenters. The molecular formula is C18H18N4O6. The maximum absolute atomic E-state index is 12.5. The van der Waals surface area contributed by atoms with E-state index in [0.717, 1.165) is 9.47 Å². The van der Waals surface area contributed by atoms with Crippen molar-refractivity contribution in [3.63, 3.8) is 0 Å². The van der Waals surface area contributed by atoms with E-state index in [2.05, 4.69) is 5.32 Å². The van der Waals surface area contributed by atoms with Crippen LogP contribution >= 0.6 is 0 Å². The molecule has 146 valence electrons. The number of amides is 3. The number of rotatable bonds is 5. The zero-order valence-corrected chi connectivity index (χ0v) is 15.3. The lowest BCUT2D eigenvalue weighted by Gasteiger charge is -2.15. The number of carbonyl (C=O) groups excluding carboxylic acids is 3. The van der Waals surface area contributed by atoms with Crippen molar-refractivity contribution < 1.29 is 19.1 Å². The molecule has 2 heterocycles. The Hall–Kier alpha value is -3.69. The lowest BCUT2D eigenvalue weighted by atomic mass is 10.1. The molecule has 1 aromatic carbocycles. The van der Waals surface area contributed by atoms with Gasteiger partial charge in [0.05, 0.1) is 24.3 Å². The fourth-order valence-corrected chi connectivity index (χ4v) is 2.78. The minimum atomic E-state index is -0.698. The van der Waals surface area contributed by atoms with E-state index in [9.17, 15) is 24.0 Å². The van der Waals surface area contributed by atoms with Gasteiger partial charge < -0.3 is 10.1 Å². The number of nitrogens with zero attached hydrogens (tertiary/aromatic N) is 3. The van der Waals surface area contributed by atoms with Crippen LogP contribution in [0.2, 0.25) is 0 Å². The van der Waals surface area contributed by atoms with Crippen molar-refractivity contribution in [2.75, 3.05) is 6.54 Å². The molecule has 0 radical (unpaired) electrons. The molecule has 1 fully saturated rings. The zero-order chi connectivity index (χ0) is 20.4. The summed E-state index contributed by atoms with van der Waals surface area (Å²) < 4.78 is 7.41. The maximum atomic E-state index is 12.5. The average Bonchev–Trinajstić information content (AvgIpc) is 3.00. The van der Waals surface area contributed by atoms with Crippen molar-refractivity contribution >= 4 is 17.9 Å². The van der Waals surface area contributed by atoms with Gasteiger partial charge in [0.15, 0.2) is 0 Å². The van der Waals surface area contributed by atoms with Crippen LogP contribution < -0.4 is 16.6 Å². The molecular weight excluding hydrogens is 368 g/mol. The molecule has 1 aliphatic rings. The van der Waals surface area contributed by atoms with E-state index in [1.54, 1.807) is 18.2 Å². The van der Waals surface area contributed by atoms with Gasteiger partial charge in [-0.1, -0.05) is 18.2 Å². The summed E-state index contributed by atoms with van der Waals surface area (Å²) in [4.78, 5) is 60.7. The lowest BCUT2D eigenvalue weighted by Crippen LogP contribution is -2.38. The Morgan fingerprint density at radius 1 is 1.11 bits per heavy atom. The van der Waals surface area contributed by atoms with E-state index < -0.39 is 23.2 Å². The van der Waals surface area contributed by atoms with Gasteiger partial charge in [-0.3, -0.25) is 23.6 Å². The molecule has 10 nitrogen and oxygen atoms in total. The van der Waals surface area contributed by atoms with Gasteiger partial charge in [-0.05, 0) is 11.6 Å². The third-order valence-electron chi connectivity index (χ3n) is 4.48. The minimum absolute atomic E-state index is 0.0691.